The standard InChI is InChI=1S/C44H58N4O10S/c1-4-6-7-9-15-29-23-38(50)58-36-18-12-16-28(36)14-10-8-11-22-47-41(52)39-33(17-13-19-37(39)56-3)45-43(47)57-31-24-34(48(27-31)40(29)51)35(49)26-44(25-30(44)5-2)42(53)46-59(54,55)32-20-21-32/h5,8,11,13,17,19,28-32,34,36H,2,4,6-7,9-10,12,14-16,18,20-27H2,1,3H3,(H,46,53)/b11-8+/t28-,29-,30+,31-,34+,36-,44-/m1/s1. The quantitative estimate of drug-likeness (QED) is 0.152. The van der Waals surface area contributed by atoms with Crippen LogP contribution in [-0.2, 0) is 40.5 Å². The molecule has 1 saturated heterocycles. The highest BCUT2D eigenvalue weighted by molar-refractivity contribution is 7.90. The van der Waals surface area contributed by atoms with E-state index in [0.717, 1.165) is 44.9 Å². The van der Waals surface area contributed by atoms with Gasteiger partial charge in [-0.25, -0.2) is 8.42 Å². The molecule has 7 rings (SSSR count). The van der Waals surface area contributed by atoms with Gasteiger partial charge in [0.05, 0.1) is 42.3 Å². The Hall–Kier alpha value is -4.53. The van der Waals surface area contributed by atoms with E-state index in [1.807, 2.05) is 12.2 Å². The number of carbonyl (C=O) groups excluding carboxylic acids is 4. The minimum absolute atomic E-state index is 0.0256. The zero-order valence-electron chi connectivity index (χ0n) is 34.3. The van der Waals surface area contributed by atoms with Crippen LogP contribution in [0, 0.1) is 23.2 Å². The van der Waals surface area contributed by atoms with Crippen molar-refractivity contribution in [3.63, 3.8) is 0 Å². The Bertz CT molecular complexity index is 2150. The Morgan fingerprint density at radius 1 is 1.07 bits per heavy atom. The normalized spacial score (nSPS) is 29.3. The third-order valence-corrected chi connectivity index (χ3v) is 14.9. The second kappa shape index (κ2) is 18.0. The molecule has 1 aromatic heterocycles. The summed E-state index contributed by atoms with van der Waals surface area (Å²) in [5.74, 6) is -2.62. The number of Topliss-reactive ketones (excluding diaryl/α,β-unsaturated/α-hetero) is 1. The van der Waals surface area contributed by atoms with Gasteiger partial charge in [-0.15, -0.1) is 6.58 Å². The fourth-order valence-corrected chi connectivity index (χ4v) is 10.8. The number of hydrogen-bond donors (Lipinski definition) is 1. The highest BCUT2D eigenvalue weighted by Gasteiger charge is 2.61. The first-order chi connectivity index (χ1) is 28.4. The van der Waals surface area contributed by atoms with E-state index in [1.54, 1.807) is 24.3 Å². The second-order valence-corrected chi connectivity index (χ2v) is 19.1. The number of hydrogen-bond acceptors (Lipinski definition) is 11. The van der Waals surface area contributed by atoms with Crippen LogP contribution < -0.4 is 19.8 Å². The zero-order chi connectivity index (χ0) is 41.9. The summed E-state index contributed by atoms with van der Waals surface area (Å²) in [5, 5.41) is -0.332. The number of benzene rings is 1. The Kier molecular flexibility index (Phi) is 13.0. The number of unbranched alkanes of at least 4 members (excludes halogenated alkanes) is 3. The molecule has 2 amide bonds. The lowest BCUT2D eigenvalue weighted by Crippen LogP contribution is -2.46. The van der Waals surface area contributed by atoms with E-state index in [-0.39, 0.29) is 68.3 Å². The fourth-order valence-electron chi connectivity index (χ4n) is 9.40. The van der Waals surface area contributed by atoms with Crippen molar-refractivity contribution in [2.24, 2.45) is 23.2 Å². The lowest BCUT2D eigenvalue weighted by molar-refractivity contribution is -0.155. The number of fused-ring (bicyclic) bond motifs is 5. The molecule has 320 valence electrons. The van der Waals surface area contributed by atoms with Gasteiger partial charge < -0.3 is 19.1 Å². The molecule has 2 aromatic rings. The van der Waals surface area contributed by atoms with Crippen LogP contribution in [0.15, 0.2) is 47.8 Å². The average molecular weight is 835 g/mol. The highest BCUT2D eigenvalue weighted by atomic mass is 32.2. The van der Waals surface area contributed by atoms with Crippen LogP contribution in [0.4, 0.5) is 0 Å². The molecule has 7 atom stereocenters. The number of methoxy groups -OCH3 is 1. The predicted octanol–water partition coefficient (Wildman–Crippen LogP) is 5.55. The molecule has 0 radical (unpaired) electrons. The first kappa shape index (κ1) is 42.6. The van der Waals surface area contributed by atoms with Crippen LogP contribution in [-0.4, -0.2) is 83.6 Å². The van der Waals surface area contributed by atoms with Gasteiger partial charge in [0.15, 0.2) is 5.78 Å². The van der Waals surface area contributed by atoms with Crippen molar-refractivity contribution in [1.29, 1.82) is 0 Å². The number of ether oxygens (including phenoxy) is 3. The number of rotatable bonds is 13. The predicted molar refractivity (Wildman–Crippen MR) is 220 cm³/mol. The minimum Gasteiger partial charge on any atom is -0.496 e. The summed E-state index contributed by atoms with van der Waals surface area (Å²) in [5.41, 5.74) is -1.33. The molecule has 1 aromatic carbocycles. The molecule has 0 unspecified atom stereocenters. The molecule has 0 spiro atoms. The molecular weight excluding hydrogens is 777 g/mol. The molecule has 3 aliphatic carbocycles. The first-order valence-corrected chi connectivity index (χ1v) is 23.0. The maximum absolute atomic E-state index is 14.8. The molecule has 4 fully saturated rings. The number of carbonyl (C=O) groups is 4. The molecular formula is C44H58N4O10S. The first-order valence-electron chi connectivity index (χ1n) is 21.5. The number of nitrogens with zero attached hydrogens (tertiary/aromatic N) is 3. The van der Waals surface area contributed by atoms with Gasteiger partial charge in [0.25, 0.3) is 11.6 Å². The molecule has 59 heavy (non-hydrogen) atoms. The number of sulfonamides is 1. The summed E-state index contributed by atoms with van der Waals surface area (Å²) in [7, 11) is -2.40. The molecule has 3 heterocycles. The summed E-state index contributed by atoms with van der Waals surface area (Å²) >= 11 is 0. The maximum atomic E-state index is 14.8. The van der Waals surface area contributed by atoms with E-state index in [9.17, 15) is 32.4 Å². The molecule has 3 saturated carbocycles. The number of allylic oxidation sites excluding steroid dienone is 3. The van der Waals surface area contributed by atoms with Crippen molar-refractivity contribution in [2.45, 2.75) is 140 Å². The van der Waals surface area contributed by atoms with E-state index in [4.69, 9.17) is 19.2 Å². The van der Waals surface area contributed by atoms with Gasteiger partial charge >= 0.3 is 5.97 Å². The molecule has 1 N–H and O–H groups in total. The van der Waals surface area contributed by atoms with Crippen LogP contribution in [0.5, 0.6) is 11.8 Å². The molecule has 14 nitrogen and oxygen atoms in total. The monoisotopic (exact) mass is 834 g/mol. The van der Waals surface area contributed by atoms with E-state index >= 15 is 0 Å². The smallest absolute Gasteiger partial charge is 0.306 e. The van der Waals surface area contributed by atoms with Crippen molar-refractivity contribution in [2.75, 3.05) is 13.7 Å². The number of amides is 2. The lowest BCUT2D eigenvalue weighted by Gasteiger charge is -2.29. The van der Waals surface area contributed by atoms with E-state index in [0.29, 0.717) is 48.8 Å². The van der Waals surface area contributed by atoms with Crippen molar-refractivity contribution < 1.29 is 41.8 Å². The summed E-state index contributed by atoms with van der Waals surface area (Å²) in [6, 6.07) is 4.09. The molecule has 2 bridgehead atoms. The van der Waals surface area contributed by atoms with Crippen molar-refractivity contribution >= 4 is 44.5 Å². The third kappa shape index (κ3) is 9.29. The zero-order valence-corrected chi connectivity index (χ0v) is 35.1. The lowest BCUT2D eigenvalue weighted by atomic mass is 9.90. The molecule has 2 aliphatic heterocycles. The van der Waals surface area contributed by atoms with Gasteiger partial charge in [-0.1, -0.05) is 56.9 Å². The van der Waals surface area contributed by atoms with Crippen LogP contribution in [0.1, 0.15) is 110 Å². The van der Waals surface area contributed by atoms with E-state index in [1.165, 1.54) is 16.6 Å². The van der Waals surface area contributed by atoms with Gasteiger partial charge in [-0.05, 0) is 81.8 Å². The number of aromatic nitrogens is 2. The van der Waals surface area contributed by atoms with Crippen LogP contribution in [0.2, 0.25) is 0 Å². The highest BCUT2D eigenvalue weighted by Crippen LogP contribution is 2.57. The van der Waals surface area contributed by atoms with Crippen LogP contribution in [0.25, 0.3) is 10.9 Å². The fraction of sp³-hybridized carbons (Fsp3) is 0.636. The SMILES string of the molecule is C=C[C@H]1C[C@]1(CC(=O)[C@@H]1C[C@@H]2CN1C(=O)[C@H](CCCCCC)CC(=O)O[C@@H]1CCC[C@H]1CC/C=C/Cn1c(nc3cccc(OC)c3c1=O)O2)C(=O)NS(=O)(=O)C1CC1. The molecule has 5 aliphatic rings. The van der Waals surface area contributed by atoms with E-state index in [2.05, 4.69) is 18.2 Å². The summed E-state index contributed by atoms with van der Waals surface area (Å²) < 4.78 is 47.5. The van der Waals surface area contributed by atoms with Gasteiger partial charge in [-0.2, -0.15) is 4.98 Å². The second-order valence-electron chi connectivity index (χ2n) is 17.2. The van der Waals surface area contributed by atoms with Crippen LogP contribution in [0.3, 0.4) is 0 Å². The summed E-state index contributed by atoms with van der Waals surface area (Å²) in [6.07, 6.45) is 13.3. The minimum atomic E-state index is -3.88. The number of esters is 1. The van der Waals surface area contributed by atoms with Crippen molar-refractivity contribution in [3.8, 4) is 11.8 Å². The summed E-state index contributed by atoms with van der Waals surface area (Å²) in [6.45, 7) is 6.04. The number of nitrogens with one attached hydrogen (secondary N) is 1. The van der Waals surface area contributed by atoms with Crippen molar-refractivity contribution in [1.82, 2.24) is 19.2 Å². The largest absolute Gasteiger partial charge is 0.496 e. The Balaban J connectivity index is 1.24. The topological polar surface area (TPSA) is 180 Å². The Morgan fingerprint density at radius 2 is 1.88 bits per heavy atom. The Morgan fingerprint density at radius 3 is 2.61 bits per heavy atom. The molecule has 15 heteroatoms. The van der Waals surface area contributed by atoms with Gasteiger partial charge in [-0.3, -0.25) is 33.3 Å². The number of ketones is 1. The Labute approximate surface area is 346 Å². The van der Waals surface area contributed by atoms with Crippen molar-refractivity contribution in [3.05, 3.63) is 53.4 Å². The third-order valence-electron chi connectivity index (χ3n) is 13.1. The van der Waals surface area contributed by atoms with E-state index < -0.39 is 62.3 Å². The van der Waals surface area contributed by atoms with Gasteiger partial charge in [0.2, 0.25) is 21.8 Å². The van der Waals surface area contributed by atoms with Gasteiger partial charge in [0.1, 0.15) is 23.3 Å². The van der Waals surface area contributed by atoms with Crippen LogP contribution >= 0.6 is 0 Å². The summed E-state index contributed by atoms with van der Waals surface area (Å²) in [4.78, 5) is 77.2. The maximum Gasteiger partial charge on any atom is 0.306 e. The average Bonchev–Trinajstić information content (AvgIpc) is 4.11. The van der Waals surface area contributed by atoms with Gasteiger partial charge in [0, 0.05) is 25.3 Å².